The van der Waals surface area contributed by atoms with Crippen molar-refractivity contribution >= 4 is 41.5 Å². The SMILES string of the molecule is CCNC(=NCCOc1cccnc1)NC1CCN(Cc2ccc(Cl)cc2)CC1.I. The van der Waals surface area contributed by atoms with Crippen molar-refractivity contribution in [2.45, 2.75) is 32.4 Å². The molecule has 30 heavy (non-hydrogen) atoms. The first-order valence-corrected chi connectivity index (χ1v) is 10.6. The highest BCUT2D eigenvalue weighted by Gasteiger charge is 2.20. The minimum Gasteiger partial charge on any atom is -0.490 e. The highest BCUT2D eigenvalue weighted by Crippen LogP contribution is 2.16. The van der Waals surface area contributed by atoms with Gasteiger partial charge in [0, 0.05) is 43.4 Å². The Morgan fingerprint density at radius 1 is 1.23 bits per heavy atom. The molecule has 1 aliphatic rings. The van der Waals surface area contributed by atoms with Crippen LogP contribution in [0.2, 0.25) is 5.02 Å². The van der Waals surface area contributed by atoms with E-state index >= 15 is 0 Å². The number of nitrogens with zero attached hydrogens (tertiary/aromatic N) is 3. The van der Waals surface area contributed by atoms with E-state index in [2.05, 4.69) is 44.6 Å². The molecular formula is C22H31ClIN5O. The van der Waals surface area contributed by atoms with Gasteiger partial charge in [0.1, 0.15) is 12.4 Å². The van der Waals surface area contributed by atoms with Crippen LogP contribution >= 0.6 is 35.6 Å². The van der Waals surface area contributed by atoms with Gasteiger partial charge in [-0.15, -0.1) is 24.0 Å². The van der Waals surface area contributed by atoms with Gasteiger partial charge in [-0.05, 0) is 49.6 Å². The standard InChI is InChI=1S/C22H30ClN5O.HI/c1-2-25-22(26-12-15-29-21-4-3-11-24-16-21)27-20-9-13-28(14-10-20)17-18-5-7-19(23)8-6-18;/h3-8,11,16,20H,2,9-10,12-15,17H2,1H3,(H2,25,26,27);1H. The lowest BCUT2D eigenvalue weighted by atomic mass is 10.0. The number of nitrogens with one attached hydrogen (secondary N) is 2. The van der Waals surface area contributed by atoms with Crippen LogP contribution in [0.5, 0.6) is 5.75 Å². The Balaban J connectivity index is 0.00000320. The summed E-state index contributed by atoms with van der Waals surface area (Å²) in [4.78, 5) is 11.2. The molecule has 1 fully saturated rings. The Hall–Kier alpha value is -1.58. The van der Waals surface area contributed by atoms with Crippen molar-refractivity contribution in [3.63, 3.8) is 0 Å². The molecule has 164 valence electrons. The summed E-state index contributed by atoms with van der Waals surface area (Å²) >= 11 is 5.97. The second-order valence-electron chi connectivity index (χ2n) is 7.12. The summed E-state index contributed by atoms with van der Waals surface area (Å²) in [5.41, 5.74) is 1.31. The van der Waals surface area contributed by atoms with E-state index in [9.17, 15) is 0 Å². The van der Waals surface area contributed by atoms with Gasteiger partial charge in [-0.25, -0.2) is 4.99 Å². The summed E-state index contributed by atoms with van der Waals surface area (Å²) in [7, 11) is 0. The van der Waals surface area contributed by atoms with Gasteiger partial charge in [-0.1, -0.05) is 23.7 Å². The number of hydrogen-bond donors (Lipinski definition) is 2. The molecule has 2 heterocycles. The largest absolute Gasteiger partial charge is 0.490 e. The second kappa shape index (κ2) is 13.7. The van der Waals surface area contributed by atoms with Crippen molar-refractivity contribution in [1.82, 2.24) is 20.5 Å². The van der Waals surface area contributed by atoms with Crippen LogP contribution in [-0.4, -0.2) is 54.7 Å². The van der Waals surface area contributed by atoms with Gasteiger partial charge in [0.15, 0.2) is 5.96 Å². The number of benzene rings is 1. The summed E-state index contributed by atoms with van der Waals surface area (Å²) in [6.45, 7) is 7.17. The number of hydrogen-bond acceptors (Lipinski definition) is 4. The van der Waals surface area contributed by atoms with Crippen LogP contribution in [-0.2, 0) is 6.54 Å². The highest BCUT2D eigenvalue weighted by atomic mass is 127. The first-order chi connectivity index (χ1) is 14.2. The zero-order chi connectivity index (χ0) is 20.3. The number of aromatic nitrogens is 1. The van der Waals surface area contributed by atoms with Gasteiger partial charge in [-0.2, -0.15) is 0 Å². The maximum absolute atomic E-state index is 5.97. The number of halogens is 2. The van der Waals surface area contributed by atoms with Crippen LogP contribution in [0.25, 0.3) is 0 Å². The lowest BCUT2D eigenvalue weighted by molar-refractivity contribution is 0.198. The quantitative estimate of drug-likeness (QED) is 0.229. The molecule has 0 bridgehead atoms. The molecule has 1 aromatic heterocycles. The topological polar surface area (TPSA) is 61.8 Å². The summed E-state index contributed by atoms with van der Waals surface area (Å²) in [6, 6.07) is 12.3. The maximum Gasteiger partial charge on any atom is 0.191 e. The predicted octanol–water partition coefficient (Wildman–Crippen LogP) is 3.95. The molecule has 2 N–H and O–H groups in total. The molecule has 0 amide bonds. The van der Waals surface area contributed by atoms with Gasteiger partial charge in [0.05, 0.1) is 12.7 Å². The third-order valence-corrected chi connectivity index (χ3v) is 5.11. The molecule has 1 aliphatic heterocycles. The Morgan fingerprint density at radius 2 is 2.00 bits per heavy atom. The average molecular weight is 544 g/mol. The minimum atomic E-state index is 0. The van der Waals surface area contributed by atoms with Gasteiger partial charge >= 0.3 is 0 Å². The minimum absolute atomic E-state index is 0. The van der Waals surface area contributed by atoms with Crippen molar-refractivity contribution < 1.29 is 4.74 Å². The molecule has 6 nitrogen and oxygen atoms in total. The van der Waals surface area contributed by atoms with Gasteiger partial charge in [-0.3, -0.25) is 9.88 Å². The Labute approximate surface area is 201 Å². The van der Waals surface area contributed by atoms with Crippen LogP contribution in [0, 0.1) is 0 Å². The number of likely N-dealkylation sites (tertiary alicyclic amines) is 1. The number of piperidine rings is 1. The summed E-state index contributed by atoms with van der Waals surface area (Å²) in [6.07, 6.45) is 5.65. The van der Waals surface area contributed by atoms with E-state index in [1.54, 1.807) is 12.4 Å². The molecule has 0 radical (unpaired) electrons. The van der Waals surface area contributed by atoms with Crippen LogP contribution in [0.1, 0.15) is 25.3 Å². The van der Waals surface area contributed by atoms with Gasteiger partial charge < -0.3 is 15.4 Å². The van der Waals surface area contributed by atoms with E-state index in [0.29, 0.717) is 19.2 Å². The third-order valence-electron chi connectivity index (χ3n) is 4.86. The van der Waals surface area contributed by atoms with Crippen LogP contribution in [0.4, 0.5) is 0 Å². The fraction of sp³-hybridized carbons (Fsp3) is 0.455. The number of pyridine rings is 1. The number of guanidine groups is 1. The number of aliphatic imine (C=N–C) groups is 1. The van der Waals surface area contributed by atoms with Crippen molar-refractivity contribution in [2.75, 3.05) is 32.8 Å². The molecule has 2 aromatic rings. The van der Waals surface area contributed by atoms with E-state index in [0.717, 1.165) is 55.8 Å². The predicted molar refractivity (Wildman–Crippen MR) is 134 cm³/mol. The molecule has 3 rings (SSSR count). The lowest BCUT2D eigenvalue weighted by Crippen LogP contribution is -2.48. The fourth-order valence-electron chi connectivity index (χ4n) is 3.35. The lowest BCUT2D eigenvalue weighted by Gasteiger charge is -2.33. The first kappa shape index (κ1) is 24.7. The Kier molecular flexibility index (Phi) is 11.2. The van der Waals surface area contributed by atoms with Gasteiger partial charge in [0.25, 0.3) is 0 Å². The monoisotopic (exact) mass is 543 g/mol. The molecule has 0 spiro atoms. The Bertz CT molecular complexity index is 752. The second-order valence-corrected chi connectivity index (χ2v) is 7.56. The average Bonchev–Trinajstić information content (AvgIpc) is 2.75. The molecule has 1 aromatic carbocycles. The highest BCUT2D eigenvalue weighted by molar-refractivity contribution is 14.0. The van der Waals surface area contributed by atoms with Crippen molar-refractivity contribution in [2.24, 2.45) is 4.99 Å². The molecule has 0 atom stereocenters. The molecular weight excluding hydrogens is 513 g/mol. The number of ether oxygens (including phenoxy) is 1. The van der Waals surface area contributed by atoms with E-state index in [1.807, 2.05) is 24.3 Å². The van der Waals surface area contributed by atoms with Crippen LogP contribution < -0.4 is 15.4 Å². The third kappa shape index (κ3) is 8.65. The zero-order valence-corrected chi connectivity index (χ0v) is 20.5. The van der Waals surface area contributed by atoms with Crippen LogP contribution in [0.3, 0.4) is 0 Å². The smallest absolute Gasteiger partial charge is 0.191 e. The van der Waals surface area contributed by atoms with E-state index in [1.165, 1.54) is 5.56 Å². The summed E-state index contributed by atoms with van der Waals surface area (Å²) in [5.74, 6) is 1.63. The summed E-state index contributed by atoms with van der Waals surface area (Å²) < 4.78 is 5.66. The van der Waals surface area contributed by atoms with E-state index in [4.69, 9.17) is 16.3 Å². The molecule has 1 saturated heterocycles. The van der Waals surface area contributed by atoms with Crippen LogP contribution in [0.15, 0.2) is 53.8 Å². The molecule has 8 heteroatoms. The van der Waals surface area contributed by atoms with Gasteiger partial charge in [0.2, 0.25) is 0 Å². The normalized spacial score (nSPS) is 15.3. The van der Waals surface area contributed by atoms with E-state index < -0.39 is 0 Å². The Morgan fingerprint density at radius 3 is 2.67 bits per heavy atom. The molecule has 0 saturated carbocycles. The van der Waals surface area contributed by atoms with Crippen molar-refractivity contribution in [3.05, 3.63) is 59.4 Å². The fourth-order valence-corrected chi connectivity index (χ4v) is 3.48. The maximum atomic E-state index is 5.97. The first-order valence-electron chi connectivity index (χ1n) is 10.3. The molecule has 0 aliphatic carbocycles. The summed E-state index contributed by atoms with van der Waals surface area (Å²) in [5, 5.41) is 7.69. The van der Waals surface area contributed by atoms with E-state index in [-0.39, 0.29) is 24.0 Å². The van der Waals surface area contributed by atoms with Crippen molar-refractivity contribution in [3.8, 4) is 5.75 Å². The zero-order valence-electron chi connectivity index (χ0n) is 17.4. The van der Waals surface area contributed by atoms with Crippen molar-refractivity contribution in [1.29, 1.82) is 0 Å². The number of rotatable bonds is 8. The molecule has 0 unspecified atom stereocenters.